The second-order valence-corrected chi connectivity index (χ2v) is 7.95. The third-order valence-electron chi connectivity index (χ3n) is 4.34. The molecule has 0 unspecified atom stereocenters. The van der Waals surface area contributed by atoms with Crippen molar-refractivity contribution in [3.8, 4) is 0 Å². The lowest BCUT2D eigenvalue weighted by Crippen LogP contribution is -2.54. The number of amides is 2. The van der Waals surface area contributed by atoms with E-state index in [9.17, 15) is 14.0 Å². The van der Waals surface area contributed by atoms with Crippen LogP contribution in [0.25, 0.3) is 0 Å². The lowest BCUT2D eigenvalue weighted by molar-refractivity contribution is -0.141. The lowest BCUT2D eigenvalue weighted by Gasteiger charge is -2.33. The van der Waals surface area contributed by atoms with Gasteiger partial charge in [0.05, 0.1) is 0 Å². The fourth-order valence-corrected chi connectivity index (χ4v) is 3.00. The van der Waals surface area contributed by atoms with Crippen molar-refractivity contribution in [2.45, 2.75) is 58.7 Å². The Balaban J connectivity index is 2.36. The summed E-state index contributed by atoms with van der Waals surface area (Å²) in [5, 5.41) is 3.00. The molecule has 0 fully saturated rings. The Labute approximate surface area is 166 Å². The fourth-order valence-electron chi connectivity index (χ4n) is 3.00. The molecule has 4 nitrogen and oxygen atoms in total. The number of carbonyl (C=O) groups is 2. The normalized spacial score (nSPS) is 12.3. The largest absolute Gasteiger partial charge is 0.350 e. The molecule has 0 aliphatic carbocycles. The molecular weight excluding hydrogens is 355 g/mol. The summed E-state index contributed by atoms with van der Waals surface area (Å²) in [6.07, 6.45) is 0.699. The summed E-state index contributed by atoms with van der Waals surface area (Å²) < 4.78 is 13.3. The molecule has 0 aromatic heterocycles. The molecule has 0 aliphatic rings. The maximum absolute atomic E-state index is 13.3. The first-order chi connectivity index (χ1) is 13.2. The van der Waals surface area contributed by atoms with Gasteiger partial charge >= 0.3 is 0 Å². The van der Waals surface area contributed by atoms with Gasteiger partial charge in [0.15, 0.2) is 0 Å². The molecule has 28 heavy (non-hydrogen) atoms. The number of rotatable bonds is 7. The Morgan fingerprint density at radius 3 is 2.14 bits per heavy atom. The minimum Gasteiger partial charge on any atom is -0.350 e. The topological polar surface area (TPSA) is 49.4 Å². The molecular formula is C23H29FN2O2. The number of nitrogens with one attached hydrogen (secondary N) is 1. The molecule has 0 saturated heterocycles. The predicted molar refractivity (Wildman–Crippen MR) is 109 cm³/mol. The SMILES string of the molecule is CCC(=O)N(Cc1ccc(F)cc1)[C@H](Cc1ccccc1)C(=O)NC(C)(C)C. The van der Waals surface area contributed by atoms with Crippen molar-refractivity contribution in [1.82, 2.24) is 10.2 Å². The first-order valence-corrected chi connectivity index (χ1v) is 9.59. The van der Waals surface area contributed by atoms with Crippen molar-refractivity contribution < 1.29 is 14.0 Å². The molecule has 2 rings (SSSR count). The predicted octanol–water partition coefficient (Wildman–Crippen LogP) is 4.09. The van der Waals surface area contributed by atoms with Crippen LogP contribution in [-0.2, 0) is 22.6 Å². The van der Waals surface area contributed by atoms with E-state index in [1.165, 1.54) is 12.1 Å². The van der Waals surface area contributed by atoms with Crippen LogP contribution in [0.15, 0.2) is 54.6 Å². The summed E-state index contributed by atoms with van der Waals surface area (Å²) >= 11 is 0. The van der Waals surface area contributed by atoms with E-state index in [4.69, 9.17) is 0 Å². The van der Waals surface area contributed by atoms with E-state index in [-0.39, 0.29) is 30.6 Å². The van der Waals surface area contributed by atoms with Crippen LogP contribution in [0.1, 0.15) is 45.2 Å². The standard InChI is InChI=1S/C23H29FN2O2/c1-5-21(27)26(16-18-11-13-19(24)14-12-18)20(22(28)25-23(2,3)4)15-17-9-7-6-8-10-17/h6-14,20H,5,15-16H2,1-4H3,(H,25,28)/t20-/m1/s1. The number of hydrogen-bond acceptors (Lipinski definition) is 2. The van der Waals surface area contributed by atoms with Gasteiger partial charge < -0.3 is 10.2 Å². The Morgan fingerprint density at radius 2 is 1.61 bits per heavy atom. The van der Waals surface area contributed by atoms with Crippen LogP contribution >= 0.6 is 0 Å². The molecule has 0 bridgehead atoms. The van der Waals surface area contributed by atoms with Crippen molar-refractivity contribution in [2.24, 2.45) is 0 Å². The molecule has 2 amide bonds. The molecule has 0 saturated carbocycles. The number of carbonyl (C=O) groups excluding carboxylic acids is 2. The number of hydrogen-bond donors (Lipinski definition) is 1. The van der Waals surface area contributed by atoms with Crippen molar-refractivity contribution in [3.63, 3.8) is 0 Å². The maximum Gasteiger partial charge on any atom is 0.243 e. The third-order valence-corrected chi connectivity index (χ3v) is 4.34. The Bertz CT molecular complexity index is 782. The van der Waals surface area contributed by atoms with Crippen molar-refractivity contribution in [2.75, 3.05) is 0 Å². The zero-order valence-electron chi connectivity index (χ0n) is 17.0. The van der Waals surface area contributed by atoms with E-state index in [1.807, 2.05) is 51.1 Å². The summed E-state index contributed by atoms with van der Waals surface area (Å²) in [7, 11) is 0. The van der Waals surface area contributed by atoms with Crippen molar-refractivity contribution in [3.05, 3.63) is 71.5 Å². The Morgan fingerprint density at radius 1 is 1.00 bits per heavy atom. The van der Waals surface area contributed by atoms with Crippen LogP contribution in [0.2, 0.25) is 0 Å². The maximum atomic E-state index is 13.3. The molecule has 150 valence electrons. The van der Waals surface area contributed by atoms with Crippen LogP contribution in [0.4, 0.5) is 4.39 Å². The highest BCUT2D eigenvalue weighted by molar-refractivity contribution is 5.88. The molecule has 0 aliphatic heterocycles. The van der Waals surface area contributed by atoms with Gasteiger partial charge in [0, 0.05) is 24.9 Å². The van der Waals surface area contributed by atoms with Gasteiger partial charge in [-0.1, -0.05) is 49.4 Å². The lowest BCUT2D eigenvalue weighted by atomic mass is 10.0. The van der Waals surface area contributed by atoms with Crippen molar-refractivity contribution in [1.29, 1.82) is 0 Å². The van der Waals surface area contributed by atoms with Crippen LogP contribution < -0.4 is 5.32 Å². The van der Waals surface area contributed by atoms with E-state index in [0.717, 1.165) is 11.1 Å². The van der Waals surface area contributed by atoms with Gasteiger partial charge in [0.1, 0.15) is 11.9 Å². The van der Waals surface area contributed by atoms with Crippen LogP contribution in [0.5, 0.6) is 0 Å². The van der Waals surface area contributed by atoms with Gasteiger partial charge in [0.2, 0.25) is 11.8 Å². The van der Waals surface area contributed by atoms with E-state index < -0.39 is 11.6 Å². The molecule has 0 radical (unpaired) electrons. The van der Waals surface area contributed by atoms with Gasteiger partial charge in [-0.15, -0.1) is 0 Å². The van der Waals surface area contributed by atoms with E-state index in [2.05, 4.69) is 5.32 Å². The van der Waals surface area contributed by atoms with Gasteiger partial charge in [0.25, 0.3) is 0 Å². The average Bonchev–Trinajstić information content (AvgIpc) is 2.65. The van der Waals surface area contributed by atoms with E-state index in [0.29, 0.717) is 6.42 Å². The Hall–Kier alpha value is -2.69. The van der Waals surface area contributed by atoms with Gasteiger partial charge in [-0.25, -0.2) is 4.39 Å². The second-order valence-electron chi connectivity index (χ2n) is 7.95. The monoisotopic (exact) mass is 384 g/mol. The van der Waals surface area contributed by atoms with Crippen LogP contribution in [0, 0.1) is 5.82 Å². The zero-order valence-corrected chi connectivity index (χ0v) is 17.0. The first-order valence-electron chi connectivity index (χ1n) is 9.59. The second kappa shape index (κ2) is 9.49. The summed E-state index contributed by atoms with van der Waals surface area (Å²) in [4.78, 5) is 27.5. The minimum atomic E-state index is -0.654. The third kappa shape index (κ3) is 6.48. The van der Waals surface area contributed by atoms with Crippen molar-refractivity contribution >= 4 is 11.8 Å². The quantitative estimate of drug-likeness (QED) is 0.782. The van der Waals surface area contributed by atoms with Crippen LogP contribution in [0.3, 0.4) is 0 Å². The smallest absolute Gasteiger partial charge is 0.243 e. The highest BCUT2D eigenvalue weighted by Gasteiger charge is 2.31. The Kier molecular flexibility index (Phi) is 7.32. The van der Waals surface area contributed by atoms with E-state index in [1.54, 1.807) is 24.0 Å². The molecule has 2 aromatic carbocycles. The number of halogens is 1. The fraction of sp³-hybridized carbons (Fsp3) is 0.391. The van der Waals surface area contributed by atoms with Gasteiger partial charge in [-0.05, 0) is 44.0 Å². The molecule has 5 heteroatoms. The molecule has 0 spiro atoms. The van der Waals surface area contributed by atoms with Gasteiger partial charge in [-0.2, -0.15) is 0 Å². The number of benzene rings is 2. The summed E-state index contributed by atoms with van der Waals surface area (Å²) in [6, 6.07) is 15.0. The van der Waals surface area contributed by atoms with Gasteiger partial charge in [-0.3, -0.25) is 9.59 Å². The zero-order chi connectivity index (χ0) is 20.7. The molecule has 1 atom stereocenters. The minimum absolute atomic E-state index is 0.116. The first kappa shape index (κ1) is 21.6. The van der Waals surface area contributed by atoms with Crippen LogP contribution in [-0.4, -0.2) is 28.3 Å². The highest BCUT2D eigenvalue weighted by atomic mass is 19.1. The van der Waals surface area contributed by atoms with E-state index >= 15 is 0 Å². The molecule has 0 heterocycles. The number of nitrogens with zero attached hydrogens (tertiary/aromatic N) is 1. The average molecular weight is 384 g/mol. The highest BCUT2D eigenvalue weighted by Crippen LogP contribution is 2.17. The molecule has 1 N–H and O–H groups in total. The summed E-state index contributed by atoms with van der Waals surface area (Å²) in [5.41, 5.74) is 1.34. The molecule has 2 aromatic rings. The summed E-state index contributed by atoms with van der Waals surface area (Å²) in [5.74, 6) is -0.641. The summed E-state index contributed by atoms with van der Waals surface area (Å²) in [6.45, 7) is 7.77.